The summed E-state index contributed by atoms with van der Waals surface area (Å²) in [7, 11) is 1.64. The monoisotopic (exact) mass is 429 g/mol. The zero-order valence-corrected chi connectivity index (χ0v) is 17.7. The molecule has 1 atom stereocenters. The third-order valence-corrected chi connectivity index (χ3v) is 6.17. The molecule has 6 nitrogen and oxygen atoms in total. The molecule has 0 unspecified atom stereocenters. The number of methoxy groups -OCH3 is 1. The van der Waals surface area contributed by atoms with Crippen molar-refractivity contribution in [2.45, 2.75) is 17.1 Å². The van der Waals surface area contributed by atoms with Gasteiger partial charge in [-0.1, -0.05) is 54.2 Å². The molecule has 2 N–H and O–H groups in total. The molecule has 0 saturated heterocycles. The molecule has 0 aliphatic carbocycles. The van der Waals surface area contributed by atoms with E-state index in [-0.39, 0.29) is 11.7 Å². The van der Waals surface area contributed by atoms with E-state index in [0.29, 0.717) is 10.9 Å². The van der Waals surface area contributed by atoms with E-state index in [9.17, 15) is 4.79 Å². The van der Waals surface area contributed by atoms with E-state index < -0.39 is 0 Å². The number of ether oxygens (including phenoxy) is 1. The van der Waals surface area contributed by atoms with E-state index in [2.05, 4.69) is 22.4 Å². The standard InChI is InChI=1S/C24H20N4O2S/c1-30-18-13-11-17(12-14-18)22-25-20-10-6-5-9-19(20)21-23(29)26-24(27-28(21)22)31-15-16-7-3-2-4-8-16/h2-14,22H,15H2,1H3,(H,26,27,29)/p+1/t22-/m1/s1. The molecule has 31 heavy (non-hydrogen) atoms. The Morgan fingerprint density at radius 2 is 1.74 bits per heavy atom. The van der Waals surface area contributed by atoms with E-state index in [1.807, 2.05) is 66.7 Å². The Kier molecular flexibility index (Phi) is 5.18. The third kappa shape index (κ3) is 3.80. The predicted octanol–water partition coefficient (Wildman–Crippen LogP) is 4.00. The van der Waals surface area contributed by atoms with Crippen LogP contribution in [-0.4, -0.2) is 17.2 Å². The average molecular weight is 430 g/mol. The van der Waals surface area contributed by atoms with Crippen molar-refractivity contribution in [3.8, 4) is 17.0 Å². The van der Waals surface area contributed by atoms with E-state index in [0.717, 1.165) is 28.3 Å². The van der Waals surface area contributed by atoms with Gasteiger partial charge in [-0.25, -0.2) is 0 Å². The van der Waals surface area contributed by atoms with Crippen molar-refractivity contribution in [2.24, 2.45) is 0 Å². The molecule has 4 aromatic rings. The van der Waals surface area contributed by atoms with Crippen LogP contribution >= 0.6 is 11.8 Å². The largest absolute Gasteiger partial charge is 0.497 e. The van der Waals surface area contributed by atoms with E-state index in [4.69, 9.17) is 9.84 Å². The van der Waals surface area contributed by atoms with Crippen molar-refractivity contribution < 1.29 is 9.42 Å². The maximum atomic E-state index is 13.2. The second-order valence-electron chi connectivity index (χ2n) is 7.19. The Hall–Kier alpha value is -3.58. The average Bonchev–Trinajstić information content (AvgIpc) is 2.83. The topological polar surface area (TPSA) is 70.9 Å². The SMILES string of the molecule is COc1ccc([C@@H]2Nc3ccccc3-c3c(=O)[nH]c(SCc4ccccc4)n[n+]32)cc1. The van der Waals surface area contributed by atoms with Crippen molar-refractivity contribution >= 4 is 17.4 Å². The molecule has 0 amide bonds. The van der Waals surface area contributed by atoms with Crippen LogP contribution in [0.4, 0.5) is 5.69 Å². The highest BCUT2D eigenvalue weighted by molar-refractivity contribution is 7.98. The van der Waals surface area contributed by atoms with Crippen LogP contribution in [0.2, 0.25) is 0 Å². The molecule has 1 aromatic heterocycles. The number of rotatable bonds is 5. The summed E-state index contributed by atoms with van der Waals surface area (Å²) >= 11 is 1.51. The first-order chi connectivity index (χ1) is 15.2. The van der Waals surface area contributed by atoms with Crippen LogP contribution in [0, 0.1) is 0 Å². The molecule has 0 spiro atoms. The van der Waals surface area contributed by atoms with Gasteiger partial charge in [0, 0.05) is 16.4 Å². The number of para-hydroxylation sites is 1. The van der Waals surface area contributed by atoms with Crippen molar-refractivity contribution in [3.05, 3.63) is 100 Å². The maximum absolute atomic E-state index is 13.2. The van der Waals surface area contributed by atoms with Crippen LogP contribution < -0.4 is 20.3 Å². The number of aromatic amines is 1. The summed E-state index contributed by atoms with van der Waals surface area (Å²) in [5, 5.41) is 8.93. The molecule has 2 heterocycles. The molecule has 3 aromatic carbocycles. The van der Waals surface area contributed by atoms with Gasteiger partial charge in [0.25, 0.3) is 6.17 Å². The summed E-state index contributed by atoms with van der Waals surface area (Å²) < 4.78 is 7.08. The lowest BCUT2D eigenvalue weighted by Crippen LogP contribution is -2.55. The van der Waals surface area contributed by atoms with Crippen LogP contribution in [0.3, 0.4) is 0 Å². The minimum absolute atomic E-state index is 0.155. The van der Waals surface area contributed by atoms with Gasteiger partial charge < -0.3 is 10.1 Å². The first-order valence-corrected chi connectivity index (χ1v) is 10.9. The van der Waals surface area contributed by atoms with Gasteiger partial charge in [-0.2, -0.15) is 0 Å². The first kappa shape index (κ1) is 19.4. The zero-order valence-electron chi connectivity index (χ0n) is 16.9. The van der Waals surface area contributed by atoms with Gasteiger partial charge in [0.05, 0.1) is 18.4 Å². The van der Waals surface area contributed by atoms with Gasteiger partial charge in [0.2, 0.25) is 5.16 Å². The number of hydrogen-bond acceptors (Lipinski definition) is 5. The predicted molar refractivity (Wildman–Crippen MR) is 121 cm³/mol. The number of nitrogens with zero attached hydrogens (tertiary/aromatic N) is 2. The molecule has 1 aliphatic heterocycles. The smallest absolute Gasteiger partial charge is 0.325 e. The van der Waals surface area contributed by atoms with Crippen molar-refractivity contribution in [1.82, 2.24) is 10.1 Å². The summed E-state index contributed by atoms with van der Waals surface area (Å²) in [6.45, 7) is 0. The fraction of sp³-hybridized carbons (Fsp3) is 0.125. The number of hydrogen-bond donors (Lipinski definition) is 2. The summed E-state index contributed by atoms with van der Waals surface area (Å²) in [5.74, 6) is 1.50. The fourth-order valence-corrected chi connectivity index (χ4v) is 4.50. The number of thioether (sulfide) groups is 1. The summed E-state index contributed by atoms with van der Waals surface area (Å²) in [4.78, 5) is 16.1. The number of fused-ring (bicyclic) bond motifs is 3. The molecule has 5 rings (SSSR count). The molecule has 1 aliphatic rings. The Balaban J connectivity index is 1.58. The molecular formula is C24H21N4O2S+. The highest BCUT2D eigenvalue weighted by atomic mass is 32.2. The molecule has 0 radical (unpaired) electrons. The van der Waals surface area contributed by atoms with E-state index in [1.165, 1.54) is 17.3 Å². The van der Waals surface area contributed by atoms with Crippen LogP contribution in [0.1, 0.15) is 17.3 Å². The lowest BCUT2D eigenvalue weighted by Gasteiger charge is -2.22. The fourth-order valence-electron chi connectivity index (χ4n) is 3.69. The van der Waals surface area contributed by atoms with Gasteiger partial charge in [-0.05, 0) is 46.6 Å². The molecular weight excluding hydrogens is 408 g/mol. The minimum Gasteiger partial charge on any atom is -0.497 e. The van der Waals surface area contributed by atoms with Crippen LogP contribution in [-0.2, 0) is 5.75 Å². The highest BCUT2D eigenvalue weighted by Gasteiger charge is 2.37. The third-order valence-electron chi connectivity index (χ3n) is 5.23. The first-order valence-electron chi connectivity index (χ1n) is 9.96. The Morgan fingerprint density at radius 1 is 1.00 bits per heavy atom. The lowest BCUT2D eigenvalue weighted by molar-refractivity contribution is -0.759. The van der Waals surface area contributed by atoms with Gasteiger partial charge in [-0.15, -0.1) is 0 Å². The Morgan fingerprint density at radius 3 is 2.52 bits per heavy atom. The lowest BCUT2D eigenvalue weighted by atomic mass is 10.0. The maximum Gasteiger partial charge on any atom is 0.325 e. The molecule has 7 heteroatoms. The second kappa shape index (κ2) is 8.28. The van der Waals surface area contributed by atoms with Gasteiger partial charge in [0.15, 0.2) is 0 Å². The summed E-state index contributed by atoms with van der Waals surface area (Å²) in [6, 6.07) is 25.7. The molecule has 0 bridgehead atoms. The van der Waals surface area contributed by atoms with E-state index >= 15 is 0 Å². The van der Waals surface area contributed by atoms with Gasteiger partial charge >= 0.3 is 11.3 Å². The van der Waals surface area contributed by atoms with Gasteiger partial charge in [-0.3, -0.25) is 9.78 Å². The number of anilines is 1. The number of aromatic nitrogens is 3. The number of nitrogens with one attached hydrogen (secondary N) is 2. The molecule has 0 saturated carbocycles. The van der Waals surface area contributed by atoms with Gasteiger partial charge in [0.1, 0.15) is 5.75 Å². The normalized spacial score (nSPS) is 14.3. The second-order valence-corrected chi connectivity index (χ2v) is 8.16. The van der Waals surface area contributed by atoms with Crippen LogP contribution in [0.25, 0.3) is 11.3 Å². The van der Waals surface area contributed by atoms with Crippen molar-refractivity contribution in [3.63, 3.8) is 0 Å². The van der Waals surface area contributed by atoms with Crippen molar-refractivity contribution in [1.29, 1.82) is 0 Å². The number of H-pyrrole nitrogens is 1. The van der Waals surface area contributed by atoms with Crippen LogP contribution in [0.15, 0.2) is 88.8 Å². The molecule has 0 fully saturated rings. The summed E-state index contributed by atoms with van der Waals surface area (Å²) in [6.07, 6.45) is -0.311. The quantitative estimate of drug-likeness (QED) is 0.371. The highest BCUT2D eigenvalue weighted by Crippen LogP contribution is 2.32. The number of benzene rings is 3. The van der Waals surface area contributed by atoms with Crippen molar-refractivity contribution in [2.75, 3.05) is 12.4 Å². The van der Waals surface area contributed by atoms with E-state index in [1.54, 1.807) is 11.8 Å². The van der Waals surface area contributed by atoms with Crippen LogP contribution in [0.5, 0.6) is 5.75 Å². The zero-order chi connectivity index (χ0) is 21.2. The molecule has 154 valence electrons. The Labute approximate surface area is 183 Å². The summed E-state index contributed by atoms with van der Waals surface area (Å²) in [5.41, 5.74) is 4.28. The minimum atomic E-state index is -0.311. The Bertz CT molecular complexity index is 1270.